The minimum absolute atomic E-state index is 0.210. The second-order valence-electron chi connectivity index (χ2n) is 2.87. The minimum Gasteiger partial charge on any atom is -0.481 e. The number of hydrogen-bond acceptors (Lipinski definition) is 2. The molecule has 0 saturated carbocycles. The van der Waals surface area contributed by atoms with Crippen LogP contribution in [0.3, 0.4) is 0 Å². The summed E-state index contributed by atoms with van der Waals surface area (Å²) in [7, 11) is 0. The predicted octanol–water partition coefficient (Wildman–Crippen LogP) is 1.88. The maximum Gasteiger partial charge on any atom is 0.308 e. The van der Waals surface area contributed by atoms with Gasteiger partial charge in [-0.3, -0.25) is 4.79 Å². The maximum absolute atomic E-state index is 13.2. The fourth-order valence-electron chi connectivity index (χ4n) is 1.25. The summed E-state index contributed by atoms with van der Waals surface area (Å²) in [6.07, 6.45) is -0.297. The number of benzene rings is 1. The van der Waals surface area contributed by atoms with Gasteiger partial charge in [-0.05, 0) is 19.1 Å². The molecule has 4 heteroatoms. The van der Waals surface area contributed by atoms with E-state index in [0.29, 0.717) is 12.2 Å². The van der Waals surface area contributed by atoms with Gasteiger partial charge in [-0.25, -0.2) is 4.39 Å². The van der Waals surface area contributed by atoms with Crippen LogP contribution in [0.2, 0.25) is 0 Å². The van der Waals surface area contributed by atoms with Crippen molar-refractivity contribution < 1.29 is 14.3 Å². The monoisotopic (exact) mass is 197 g/mol. The SMILES string of the molecule is CCNc1cccc(F)c1CC(=O)O. The van der Waals surface area contributed by atoms with Crippen LogP contribution in [0.25, 0.3) is 0 Å². The second-order valence-corrected chi connectivity index (χ2v) is 2.87. The van der Waals surface area contributed by atoms with E-state index in [-0.39, 0.29) is 12.0 Å². The molecule has 0 saturated heterocycles. The zero-order valence-corrected chi connectivity index (χ0v) is 7.88. The van der Waals surface area contributed by atoms with E-state index < -0.39 is 11.8 Å². The van der Waals surface area contributed by atoms with Crippen molar-refractivity contribution in [3.63, 3.8) is 0 Å². The van der Waals surface area contributed by atoms with Gasteiger partial charge in [0.1, 0.15) is 5.82 Å². The summed E-state index contributed by atoms with van der Waals surface area (Å²) in [6.45, 7) is 2.51. The molecule has 0 heterocycles. The molecule has 0 fully saturated rings. The standard InChI is InChI=1S/C10H12FNO2/c1-2-12-9-5-3-4-8(11)7(9)6-10(13)14/h3-5,12H,2,6H2,1H3,(H,13,14). The minimum atomic E-state index is -1.03. The molecular weight excluding hydrogens is 185 g/mol. The first-order valence-electron chi connectivity index (χ1n) is 4.38. The van der Waals surface area contributed by atoms with E-state index >= 15 is 0 Å². The quantitative estimate of drug-likeness (QED) is 0.774. The van der Waals surface area contributed by atoms with E-state index in [0.717, 1.165) is 0 Å². The fourth-order valence-corrected chi connectivity index (χ4v) is 1.25. The number of carboxylic acids is 1. The van der Waals surface area contributed by atoms with E-state index in [1.165, 1.54) is 6.07 Å². The first-order chi connectivity index (χ1) is 6.65. The van der Waals surface area contributed by atoms with Crippen molar-refractivity contribution in [1.82, 2.24) is 0 Å². The molecule has 2 N–H and O–H groups in total. The van der Waals surface area contributed by atoms with Crippen LogP contribution < -0.4 is 5.32 Å². The zero-order chi connectivity index (χ0) is 10.6. The summed E-state index contributed by atoms with van der Waals surface area (Å²) in [5, 5.41) is 11.5. The molecule has 0 spiro atoms. The van der Waals surface area contributed by atoms with E-state index in [2.05, 4.69) is 5.32 Å². The van der Waals surface area contributed by atoms with Crippen molar-refractivity contribution in [2.45, 2.75) is 13.3 Å². The van der Waals surface area contributed by atoms with Gasteiger partial charge in [0.2, 0.25) is 0 Å². The van der Waals surface area contributed by atoms with Crippen molar-refractivity contribution in [2.24, 2.45) is 0 Å². The Morgan fingerprint density at radius 1 is 1.57 bits per heavy atom. The fraction of sp³-hybridized carbons (Fsp3) is 0.300. The molecule has 1 aromatic carbocycles. The van der Waals surface area contributed by atoms with Crippen LogP contribution in [0, 0.1) is 5.82 Å². The summed E-state index contributed by atoms with van der Waals surface area (Å²) in [5.41, 5.74) is 0.761. The van der Waals surface area contributed by atoms with Crippen LogP contribution in [0.15, 0.2) is 18.2 Å². The van der Waals surface area contributed by atoms with Gasteiger partial charge in [0.25, 0.3) is 0 Å². The maximum atomic E-state index is 13.2. The first-order valence-corrected chi connectivity index (χ1v) is 4.38. The number of halogens is 1. The number of hydrogen-bond donors (Lipinski definition) is 2. The van der Waals surface area contributed by atoms with Crippen molar-refractivity contribution in [1.29, 1.82) is 0 Å². The lowest BCUT2D eigenvalue weighted by Crippen LogP contribution is -2.08. The molecule has 76 valence electrons. The number of carboxylic acid groups (broad SMARTS) is 1. The highest BCUT2D eigenvalue weighted by Crippen LogP contribution is 2.19. The van der Waals surface area contributed by atoms with Crippen molar-refractivity contribution >= 4 is 11.7 Å². The Labute approximate surface area is 81.6 Å². The van der Waals surface area contributed by atoms with Gasteiger partial charge in [-0.1, -0.05) is 6.07 Å². The van der Waals surface area contributed by atoms with Gasteiger partial charge in [0.15, 0.2) is 0 Å². The first kappa shape index (κ1) is 10.5. The summed E-state index contributed by atoms with van der Waals surface area (Å²) in [4.78, 5) is 10.5. The third-order valence-electron chi connectivity index (χ3n) is 1.81. The molecule has 0 radical (unpaired) electrons. The summed E-state index contributed by atoms with van der Waals surface area (Å²) >= 11 is 0. The van der Waals surface area contributed by atoms with Crippen LogP contribution in [0.5, 0.6) is 0 Å². The van der Waals surface area contributed by atoms with Crippen LogP contribution in [0.4, 0.5) is 10.1 Å². The van der Waals surface area contributed by atoms with Crippen LogP contribution >= 0.6 is 0 Å². The largest absolute Gasteiger partial charge is 0.481 e. The van der Waals surface area contributed by atoms with Crippen molar-refractivity contribution in [2.75, 3.05) is 11.9 Å². The predicted molar refractivity (Wildman–Crippen MR) is 51.9 cm³/mol. The molecule has 0 aliphatic rings. The normalized spacial score (nSPS) is 9.86. The lowest BCUT2D eigenvalue weighted by molar-refractivity contribution is -0.136. The number of carbonyl (C=O) groups is 1. The average Bonchev–Trinajstić information content (AvgIpc) is 2.11. The number of anilines is 1. The third kappa shape index (κ3) is 2.45. The van der Waals surface area contributed by atoms with Crippen molar-refractivity contribution in [3.8, 4) is 0 Å². The Morgan fingerprint density at radius 3 is 2.86 bits per heavy atom. The molecule has 0 bridgehead atoms. The Hall–Kier alpha value is -1.58. The summed E-state index contributed by atoms with van der Waals surface area (Å²) in [5.74, 6) is -1.51. The third-order valence-corrected chi connectivity index (χ3v) is 1.81. The Balaban J connectivity index is 3.02. The molecular formula is C10H12FNO2. The molecule has 3 nitrogen and oxygen atoms in total. The smallest absolute Gasteiger partial charge is 0.308 e. The van der Waals surface area contributed by atoms with E-state index in [9.17, 15) is 9.18 Å². The molecule has 1 rings (SSSR count). The molecule has 0 amide bonds. The van der Waals surface area contributed by atoms with Crippen LogP contribution in [-0.4, -0.2) is 17.6 Å². The Bertz CT molecular complexity index is 339. The molecule has 0 aromatic heterocycles. The second kappa shape index (κ2) is 4.60. The van der Waals surface area contributed by atoms with Crippen LogP contribution in [-0.2, 0) is 11.2 Å². The molecule has 0 atom stereocenters. The van der Waals surface area contributed by atoms with Gasteiger partial charge in [0, 0.05) is 17.8 Å². The number of rotatable bonds is 4. The van der Waals surface area contributed by atoms with Gasteiger partial charge in [-0.2, -0.15) is 0 Å². The summed E-state index contributed by atoms with van der Waals surface area (Å²) < 4.78 is 13.2. The van der Waals surface area contributed by atoms with Gasteiger partial charge in [0.05, 0.1) is 6.42 Å². The molecule has 14 heavy (non-hydrogen) atoms. The van der Waals surface area contributed by atoms with Crippen LogP contribution in [0.1, 0.15) is 12.5 Å². The Morgan fingerprint density at radius 2 is 2.29 bits per heavy atom. The van der Waals surface area contributed by atoms with Crippen molar-refractivity contribution in [3.05, 3.63) is 29.6 Å². The lowest BCUT2D eigenvalue weighted by Gasteiger charge is -2.09. The highest BCUT2D eigenvalue weighted by atomic mass is 19.1. The highest BCUT2D eigenvalue weighted by Gasteiger charge is 2.10. The lowest BCUT2D eigenvalue weighted by atomic mass is 10.1. The highest BCUT2D eigenvalue weighted by molar-refractivity contribution is 5.73. The molecule has 1 aromatic rings. The molecule has 0 aliphatic heterocycles. The van der Waals surface area contributed by atoms with E-state index in [4.69, 9.17) is 5.11 Å². The number of nitrogens with one attached hydrogen (secondary N) is 1. The molecule has 0 unspecified atom stereocenters. The van der Waals surface area contributed by atoms with E-state index in [1.54, 1.807) is 12.1 Å². The van der Waals surface area contributed by atoms with Gasteiger partial charge in [-0.15, -0.1) is 0 Å². The number of aliphatic carboxylic acids is 1. The Kier molecular flexibility index (Phi) is 3.45. The average molecular weight is 197 g/mol. The summed E-state index contributed by atoms with van der Waals surface area (Å²) in [6, 6.07) is 4.49. The van der Waals surface area contributed by atoms with Gasteiger partial charge < -0.3 is 10.4 Å². The van der Waals surface area contributed by atoms with Gasteiger partial charge >= 0.3 is 5.97 Å². The van der Waals surface area contributed by atoms with E-state index in [1.807, 2.05) is 6.92 Å². The topological polar surface area (TPSA) is 49.3 Å². The zero-order valence-electron chi connectivity index (χ0n) is 7.88. The molecule has 0 aliphatic carbocycles.